The minimum atomic E-state index is -0.0972. The standard InChI is InChI=1S/C4H9O.Co/c1-4(2,3)5;/h1-3H3;/q-1;+1. The molecule has 0 heterocycles. The van der Waals surface area contributed by atoms with Gasteiger partial charge in [0.1, 0.15) is 0 Å². The van der Waals surface area contributed by atoms with Crippen molar-refractivity contribution in [2.75, 3.05) is 0 Å². The molecule has 40 valence electrons. The zero-order valence-corrected chi connectivity index (χ0v) is 5.28. The van der Waals surface area contributed by atoms with E-state index in [1.807, 2.05) is 20.8 Å². The number of rotatable bonds is 0. The molecular formula is C4H9CoO. The summed E-state index contributed by atoms with van der Waals surface area (Å²) in [5.74, 6) is 0. The summed E-state index contributed by atoms with van der Waals surface area (Å²) in [6.45, 7) is 5.83. The second-order valence-corrected chi connectivity index (χ2v) is 2.39. The molecule has 0 aromatic rings. The zero-order chi connectivity index (χ0) is 5.21. The molecule has 0 rings (SSSR count). The predicted molar refractivity (Wildman–Crippen MR) is 20.8 cm³/mol. The molecule has 6 heavy (non-hydrogen) atoms. The van der Waals surface area contributed by atoms with Crippen molar-refractivity contribution in [2.45, 2.75) is 26.4 Å². The predicted octanol–water partition coefficient (Wildman–Crippen LogP) is 1.26. The Kier molecular flexibility index (Phi) is 2.11. The van der Waals surface area contributed by atoms with E-state index in [-0.39, 0.29) is 5.60 Å². The Hall–Kier alpha value is 0.466. The second kappa shape index (κ2) is 1.96. The molecule has 0 aliphatic carbocycles. The molecule has 0 aromatic carbocycles. The molecule has 0 atom stereocenters. The Balaban J connectivity index is 3.17. The Morgan fingerprint density at radius 3 is 1.50 bits per heavy atom. The van der Waals surface area contributed by atoms with E-state index in [1.165, 1.54) is 0 Å². The van der Waals surface area contributed by atoms with Gasteiger partial charge in [0.15, 0.2) is 0 Å². The first-order valence-corrected chi connectivity index (χ1v) is 2.27. The fourth-order valence-electron chi connectivity index (χ4n) is 0. The van der Waals surface area contributed by atoms with Gasteiger partial charge < -0.3 is 0 Å². The molecule has 0 aromatic heterocycles. The van der Waals surface area contributed by atoms with Gasteiger partial charge in [0.05, 0.1) is 0 Å². The summed E-state index contributed by atoms with van der Waals surface area (Å²) in [7, 11) is 0. The first-order chi connectivity index (χ1) is 2.56. The Labute approximate surface area is 47.0 Å². The van der Waals surface area contributed by atoms with E-state index in [4.69, 9.17) is 0 Å². The van der Waals surface area contributed by atoms with Crippen LogP contribution in [0.4, 0.5) is 0 Å². The van der Waals surface area contributed by atoms with Crippen molar-refractivity contribution in [2.24, 2.45) is 0 Å². The molecule has 0 aliphatic rings. The number of hydrogen-bond donors (Lipinski definition) is 0. The van der Waals surface area contributed by atoms with Gasteiger partial charge in [0.2, 0.25) is 0 Å². The van der Waals surface area contributed by atoms with E-state index < -0.39 is 0 Å². The van der Waals surface area contributed by atoms with Gasteiger partial charge in [-0.2, -0.15) is 0 Å². The van der Waals surface area contributed by atoms with E-state index in [0.717, 1.165) is 0 Å². The third-order valence-electron chi connectivity index (χ3n) is 0.204. The summed E-state index contributed by atoms with van der Waals surface area (Å²) in [5, 5.41) is 0. The molecular weight excluding hydrogens is 123 g/mol. The van der Waals surface area contributed by atoms with Crippen LogP contribution >= 0.6 is 0 Å². The third kappa shape index (κ3) is 4.47. The zero-order valence-electron chi connectivity index (χ0n) is 4.24. The van der Waals surface area contributed by atoms with E-state index in [0.29, 0.717) is 0 Å². The SMILES string of the molecule is CC(C)(C)[O][Co]. The maximum absolute atomic E-state index is 4.62. The topological polar surface area (TPSA) is 9.23 Å². The molecule has 2 heteroatoms. The Morgan fingerprint density at radius 1 is 1.33 bits per heavy atom. The van der Waals surface area contributed by atoms with Crippen LogP contribution in [0.1, 0.15) is 20.8 Å². The van der Waals surface area contributed by atoms with Gasteiger partial charge in [0.25, 0.3) is 0 Å². The average molecular weight is 132 g/mol. The van der Waals surface area contributed by atoms with Gasteiger partial charge in [-0.25, -0.2) is 0 Å². The van der Waals surface area contributed by atoms with Crippen LogP contribution in [-0.2, 0) is 19.9 Å². The van der Waals surface area contributed by atoms with Crippen molar-refractivity contribution in [3.05, 3.63) is 0 Å². The van der Waals surface area contributed by atoms with E-state index >= 15 is 0 Å². The molecule has 0 fully saturated rings. The summed E-state index contributed by atoms with van der Waals surface area (Å²) in [6.07, 6.45) is 0. The molecule has 0 unspecified atom stereocenters. The van der Waals surface area contributed by atoms with Crippen LogP contribution < -0.4 is 0 Å². The monoisotopic (exact) mass is 132 g/mol. The summed E-state index contributed by atoms with van der Waals surface area (Å²) in [4.78, 5) is 0. The third-order valence-corrected chi connectivity index (χ3v) is 0.842. The summed E-state index contributed by atoms with van der Waals surface area (Å²) < 4.78 is 4.62. The Morgan fingerprint density at radius 2 is 1.50 bits per heavy atom. The van der Waals surface area contributed by atoms with Gasteiger partial charge in [-0.15, -0.1) is 0 Å². The van der Waals surface area contributed by atoms with Gasteiger partial charge in [-0.3, -0.25) is 0 Å². The van der Waals surface area contributed by atoms with Crippen molar-refractivity contribution in [3.8, 4) is 0 Å². The second-order valence-electron chi connectivity index (χ2n) is 2.18. The molecule has 0 saturated carbocycles. The van der Waals surface area contributed by atoms with Crippen molar-refractivity contribution >= 4 is 0 Å². The average Bonchev–Trinajstić information content (AvgIpc) is 1.35. The first-order valence-electron chi connectivity index (χ1n) is 1.84. The van der Waals surface area contributed by atoms with Crippen molar-refractivity contribution in [3.63, 3.8) is 0 Å². The summed E-state index contributed by atoms with van der Waals surface area (Å²) in [5.41, 5.74) is -0.0972. The molecule has 1 nitrogen and oxygen atoms in total. The summed E-state index contributed by atoms with van der Waals surface area (Å²) in [6, 6.07) is 0. The first kappa shape index (κ1) is 6.47. The maximum atomic E-state index is 4.62. The van der Waals surface area contributed by atoms with Crippen LogP contribution in [0.3, 0.4) is 0 Å². The minimum absolute atomic E-state index is 0.0972. The van der Waals surface area contributed by atoms with Gasteiger partial charge in [0, 0.05) is 0 Å². The van der Waals surface area contributed by atoms with Crippen LogP contribution in [-0.4, -0.2) is 5.60 Å². The van der Waals surface area contributed by atoms with Crippen molar-refractivity contribution < 1.29 is 19.9 Å². The van der Waals surface area contributed by atoms with Gasteiger partial charge >= 0.3 is 46.3 Å². The van der Waals surface area contributed by atoms with E-state index in [2.05, 4.69) is 19.9 Å². The molecule has 0 bridgehead atoms. The van der Waals surface area contributed by atoms with Crippen LogP contribution in [0.2, 0.25) is 0 Å². The summed E-state index contributed by atoms with van der Waals surface area (Å²) >= 11 is 3.64. The van der Waals surface area contributed by atoms with Gasteiger partial charge in [-0.1, -0.05) is 0 Å². The molecule has 0 spiro atoms. The van der Waals surface area contributed by atoms with Crippen LogP contribution in [0, 0.1) is 0 Å². The fraction of sp³-hybridized carbons (Fsp3) is 1.00. The van der Waals surface area contributed by atoms with Gasteiger partial charge in [-0.05, 0) is 0 Å². The van der Waals surface area contributed by atoms with E-state index in [1.54, 1.807) is 0 Å². The molecule has 0 aliphatic heterocycles. The molecule has 0 amide bonds. The normalized spacial score (nSPS) is 12.2. The molecule has 0 N–H and O–H groups in total. The van der Waals surface area contributed by atoms with Crippen molar-refractivity contribution in [1.82, 2.24) is 0 Å². The van der Waals surface area contributed by atoms with Crippen molar-refractivity contribution in [1.29, 1.82) is 0 Å². The van der Waals surface area contributed by atoms with Crippen LogP contribution in [0.25, 0.3) is 0 Å². The van der Waals surface area contributed by atoms with Crippen LogP contribution in [0.15, 0.2) is 0 Å². The molecule has 0 saturated heterocycles. The van der Waals surface area contributed by atoms with Crippen LogP contribution in [0.5, 0.6) is 0 Å². The fourth-order valence-corrected chi connectivity index (χ4v) is 0. The van der Waals surface area contributed by atoms with E-state index in [9.17, 15) is 0 Å². The Bertz CT molecular complexity index is 37.3. The quantitative estimate of drug-likeness (QED) is 0.482. The number of hydrogen-bond acceptors (Lipinski definition) is 1. The molecule has 0 radical (unpaired) electrons.